The Labute approximate surface area is 163 Å². The van der Waals surface area contributed by atoms with E-state index >= 15 is 0 Å². The average molecular weight is 391 g/mol. The molecule has 6 nitrogen and oxygen atoms in total. The number of rotatable bonds is 9. The molecule has 2 rings (SSSR count). The van der Waals surface area contributed by atoms with E-state index in [1.165, 1.54) is 12.1 Å². The lowest BCUT2D eigenvalue weighted by molar-refractivity contribution is 0.208. The average Bonchev–Trinajstić information content (AvgIpc) is 2.68. The molecule has 2 N–H and O–H groups in total. The minimum atomic E-state index is -0.299. The predicted molar refractivity (Wildman–Crippen MR) is 107 cm³/mol. The Balaban J connectivity index is 1.90. The van der Waals surface area contributed by atoms with E-state index < -0.39 is 0 Å². The highest BCUT2D eigenvalue weighted by Crippen LogP contribution is 2.28. The molecule has 2 aromatic carbocycles. The van der Waals surface area contributed by atoms with Crippen LogP contribution in [0.2, 0.25) is 0 Å². The van der Waals surface area contributed by atoms with Crippen LogP contribution >= 0.6 is 12.2 Å². The van der Waals surface area contributed by atoms with E-state index in [-0.39, 0.29) is 5.82 Å². The molecule has 0 aliphatic heterocycles. The van der Waals surface area contributed by atoms with Crippen molar-refractivity contribution in [3.8, 4) is 17.2 Å². The molecule has 0 aromatic heterocycles. The minimum Gasteiger partial charge on any atom is -0.490 e. The van der Waals surface area contributed by atoms with Gasteiger partial charge in [0.25, 0.3) is 0 Å². The number of benzene rings is 2. The zero-order valence-electron chi connectivity index (χ0n) is 15.2. The highest BCUT2D eigenvalue weighted by Gasteiger charge is 2.06. The van der Waals surface area contributed by atoms with E-state index in [0.29, 0.717) is 42.2 Å². The van der Waals surface area contributed by atoms with Crippen molar-refractivity contribution < 1.29 is 18.6 Å². The first kappa shape index (κ1) is 20.4. The second-order valence-corrected chi connectivity index (χ2v) is 5.65. The van der Waals surface area contributed by atoms with Gasteiger partial charge in [-0.05, 0) is 67.2 Å². The first-order chi connectivity index (χ1) is 13.1. The number of hydrazone groups is 1. The lowest BCUT2D eigenvalue weighted by Crippen LogP contribution is -2.28. The van der Waals surface area contributed by atoms with Crippen molar-refractivity contribution in [3.05, 3.63) is 53.8 Å². The lowest BCUT2D eigenvalue weighted by Gasteiger charge is -2.13. The van der Waals surface area contributed by atoms with E-state index in [4.69, 9.17) is 26.4 Å². The van der Waals surface area contributed by atoms with Crippen molar-refractivity contribution in [2.75, 3.05) is 26.9 Å². The molecule has 0 saturated carbocycles. The van der Waals surface area contributed by atoms with Gasteiger partial charge in [-0.3, -0.25) is 5.43 Å². The quantitative estimate of drug-likeness (QED) is 0.296. The van der Waals surface area contributed by atoms with Gasteiger partial charge in [0.1, 0.15) is 24.8 Å². The molecular formula is C19H22FN3O3S. The summed E-state index contributed by atoms with van der Waals surface area (Å²) in [4.78, 5) is 0. The standard InChI is InChI=1S/C19H22FN3O3S/c1-3-24-18-12-14(13-22-23-19(27)21-2)4-9-17(18)26-11-10-25-16-7-5-15(20)6-8-16/h4-9,12-13H,3,10-11H2,1-2H3,(H2,21,23,27)/b22-13+. The van der Waals surface area contributed by atoms with Crippen LogP contribution in [0.4, 0.5) is 4.39 Å². The Kier molecular flexibility index (Phi) is 8.31. The monoisotopic (exact) mass is 391 g/mol. The van der Waals surface area contributed by atoms with Gasteiger partial charge in [0.15, 0.2) is 16.6 Å². The maximum atomic E-state index is 12.9. The van der Waals surface area contributed by atoms with Crippen LogP contribution in [-0.2, 0) is 0 Å². The van der Waals surface area contributed by atoms with Crippen molar-refractivity contribution in [1.29, 1.82) is 0 Å². The summed E-state index contributed by atoms with van der Waals surface area (Å²) in [6, 6.07) is 11.3. The van der Waals surface area contributed by atoms with Gasteiger partial charge in [-0.1, -0.05) is 0 Å². The minimum absolute atomic E-state index is 0.299. The first-order valence-electron chi connectivity index (χ1n) is 8.41. The van der Waals surface area contributed by atoms with Crippen molar-refractivity contribution in [1.82, 2.24) is 10.7 Å². The molecule has 8 heteroatoms. The third-order valence-corrected chi connectivity index (χ3v) is 3.59. The first-order valence-corrected chi connectivity index (χ1v) is 8.82. The number of nitrogens with one attached hydrogen (secondary N) is 2. The number of ether oxygens (including phenoxy) is 3. The second-order valence-electron chi connectivity index (χ2n) is 5.24. The van der Waals surface area contributed by atoms with Crippen LogP contribution in [0.3, 0.4) is 0 Å². The van der Waals surface area contributed by atoms with Gasteiger partial charge in [0.2, 0.25) is 0 Å². The molecule has 0 radical (unpaired) electrons. The fourth-order valence-corrected chi connectivity index (χ4v) is 2.11. The third-order valence-electron chi connectivity index (χ3n) is 3.30. The van der Waals surface area contributed by atoms with E-state index in [9.17, 15) is 4.39 Å². The fraction of sp³-hybridized carbons (Fsp3) is 0.263. The van der Waals surface area contributed by atoms with Gasteiger partial charge >= 0.3 is 0 Å². The molecule has 0 amide bonds. The van der Waals surface area contributed by atoms with E-state index in [1.54, 1.807) is 31.5 Å². The molecule has 0 bridgehead atoms. The van der Waals surface area contributed by atoms with Crippen molar-refractivity contribution in [3.63, 3.8) is 0 Å². The molecule has 0 atom stereocenters. The van der Waals surface area contributed by atoms with Crippen LogP contribution in [0, 0.1) is 5.82 Å². The highest BCUT2D eigenvalue weighted by molar-refractivity contribution is 7.80. The molecule has 0 aliphatic carbocycles. The molecule has 0 saturated heterocycles. The second kappa shape index (κ2) is 11.0. The molecule has 144 valence electrons. The molecular weight excluding hydrogens is 369 g/mol. The van der Waals surface area contributed by atoms with E-state index in [1.807, 2.05) is 19.1 Å². The van der Waals surface area contributed by atoms with Crippen LogP contribution in [0.5, 0.6) is 17.2 Å². The summed E-state index contributed by atoms with van der Waals surface area (Å²) >= 11 is 4.95. The fourth-order valence-electron chi connectivity index (χ4n) is 2.06. The maximum Gasteiger partial charge on any atom is 0.186 e. The number of nitrogens with zero attached hydrogens (tertiary/aromatic N) is 1. The Bertz CT molecular complexity index is 769. The molecule has 0 aliphatic rings. The van der Waals surface area contributed by atoms with E-state index in [0.717, 1.165) is 5.56 Å². The summed E-state index contributed by atoms with van der Waals surface area (Å²) in [5.41, 5.74) is 3.52. The number of thiocarbonyl (C=S) groups is 1. The molecule has 0 heterocycles. The van der Waals surface area contributed by atoms with E-state index in [2.05, 4.69) is 15.8 Å². The summed E-state index contributed by atoms with van der Waals surface area (Å²) in [6.45, 7) is 3.05. The van der Waals surface area contributed by atoms with Gasteiger partial charge in [-0.25, -0.2) is 4.39 Å². The Morgan fingerprint density at radius 2 is 1.81 bits per heavy atom. The Hall–Kier alpha value is -2.87. The number of hydrogen-bond donors (Lipinski definition) is 2. The van der Waals surface area contributed by atoms with Gasteiger partial charge in [-0.15, -0.1) is 0 Å². The van der Waals surface area contributed by atoms with Gasteiger partial charge in [0, 0.05) is 7.05 Å². The Morgan fingerprint density at radius 3 is 2.52 bits per heavy atom. The zero-order chi connectivity index (χ0) is 19.5. The zero-order valence-corrected chi connectivity index (χ0v) is 16.0. The van der Waals surface area contributed by atoms with Crippen LogP contribution < -0.4 is 25.0 Å². The van der Waals surface area contributed by atoms with Crippen LogP contribution in [0.1, 0.15) is 12.5 Å². The van der Waals surface area contributed by atoms with Crippen molar-refractivity contribution in [2.24, 2.45) is 5.10 Å². The molecule has 2 aromatic rings. The molecule has 0 spiro atoms. The van der Waals surface area contributed by atoms with Gasteiger partial charge in [0.05, 0.1) is 12.8 Å². The van der Waals surface area contributed by atoms with Crippen LogP contribution in [0.15, 0.2) is 47.6 Å². The smallest absolute Gasteiger partial charge is 0.186 e. The molecule has 0 fully saturated rings. The SMILES string of the molecule is CCOc1cc(/C=N/NC(=S)NC)ccc1OCCOc1ccc(F)cc1. The molecule has 27 heavy (non-hydrogen) atoms. The van der Waals surface area contributed by atoms with Gasteiger partial charge < -0.3 is 19.5 Å². The van der Waals surface area contributed by atoms with Crippen molar-refractivity contribution >= 4 is 23.5 Å². The number of halogens is 1. The molecule has 0 unspecified atom stereocenters. The number of hydrogen-bond acceptors (Lipinski definition) is 5. The third kappa shape index (κ3) is 7.10. The summed E-state index contributed by atoms with van der Waals surface area (Å²) in [5, 5.41) is 7.23. The van der Waals surface area contributed by atoms with Gasteiger partial charge in [-0.2, -0.15) is 5.10 Å². The summed E-state index contributed by atoms with van der Waals surface area (Å²) < 4.78 is 29.7. The van der Waals surface area contributed by atoms with Crippen LogP contribution in [0.25, 0.3) is 0 Å². The largest absolute Gasteiger partial charge is 0.490 e. The summed E-state index contributed by atoms with van der Waals surface area (Å²) in [6.07, 6.45) is 1.63. The van der Waals surface area contributed by atoms with Crippen LogP contribution in [-0.4, -0.2) is 38.2 Å². The summed E-state index contributed by atoms with van der Waals surface area (Å²) in [5.74, 6) is 1.50. The highest BCUT2D eigenvalue weighted by atomic mass is 32.1. The van der Waals surface area contributed by atoms with Crippen molar-refractivity contribution in [2.45, 2.75) is 6.92 Å². The maximum absolute atomic E-state index is 12.9. The topological polar surface area (TPSA) is 64.1 Å². The predicted octanol–water partition coefficient (Wildman–Crippen LogP) is 3.11. The Morgan fingerprint density at radius 1 is 1.07 bits per heavy atom. The lowest BCUT2D eigenvalue weighted by atomic mass is 10.2. The summed E-state index contributed by atoms with van der Waals surface area (Å²) in [7, 11) is 1.71. The normalized spacial score (nSPS) is 10.5.